The summed E-state index contributed by atoms with van der Waals surface area (Å²) in [6.45, 7) is 1.96. The van der Waals surface area contributed by atoms with Gasteiger partial charge in [-0.25, -0.2) is 9.97 Å². The zero-order chi connectivity index (χ0) is 15.8. The van der Waals surface area contributed by atoms with Crippen LogP contribution in [0.3, 0.4) is 0 Å². The van der Waals surface area contributed by atoms with Crippen LogP contribution in [0.15, 0.2) is 59.5 Å². The summed E-state index contributed by atoms with van der Waals surface area (Å²) < 4.78 is 2.88. The highest BCUT2D eigenvalue weighted by molar-refractivity contribution is 9.10. The predicted molar refractivity (Wildman–Crippen MR) is 92.3 cm³/mol. The Kier molecular flexibility index (Phi) is 3.38. The van der Waals surface area contributed by atoms with Crippen molar-refractivity contribution in [1.29, 1.82) is 0 Å². The van der Waals surface area contributed by atoms with E-state index in [-0.39, 0.29) is 0 Å². The lowest BCUT2D eigenvalue weighted by Crippen LogP contribution is -2.00. The molecule has 0 bridgehead atoms. The van der Waals surface area contributed by atoms with Crippen LogP contribution in [-0.2, 0) is 0 Å². The molecule has 0 aliphatic heterocycles. The standard InChI is InChI=1S/C17H12BrN5/c1-11-5-6-13(10-20-11)23-16-15(8-12(18)9-21-16)22-17(23)14-4-2-3-7-19-14/h2-10H,1H3. The molecule has 0 aliphatic carbocycles. The van der Waals surface area contributed by atoms with Crippen LogP contribution in [0, 0.1) is 6.92 Å². The first-order valence-electron chi connectivity index (χ1n) is 7.11. The third kappa shape index (κ3) is 2.51. The second-order valence-electron chi connectivity index (χ2n) is 5.14. The maximum atomic E-state index is 4.72. The quantitative estimate of drug-likeness (QED) is 0.539. The molecule has 0 spiro atoms. The van der Waals surface area contributed by atoms with Crippen LogP contribution in [0.1, 0.15) is 5.69 Å². The molecule has 0 aromatic carbocycles. The average molecular weight is 366 g/mol. The summed E-state index contributed by atoms with van der Waals surface area (Å²) in [5.74, 6) is 0.747. The molecule has 0 fully saturated rings. The Morgan fingerprint density at radius 1 is 1.00 bits per heavy atom. The second kappa shape index (κ2) is 5.55. The summed E-state index contributed by atoms with van der Waals surface area (Å²) in [6.07, 6.45) is 5.35. The van der Waals surface area contributed by atoms with Crippen molar-refractivity contribution < 1.29 is 0 Å². The fraction of sp³-hybridized carbons (Fsp3) is 0.0588. The average Bonchev–Trinajstić information content (AvgIpc) is 2.95. The van der Waals surface area contributed by atoms with Crippen LogP contribution >= 0.6 is 15.9 Å². The molecule has 4 rings (SSSR count). The number of imidazole rings is 1. The van der Waals surface area contributed by atoms with E-state index in [4.69, 9.17) is 4.98 Å². The van der Waals surface area contributed by atoms with Gasteiger partial charge in [-0.1, -0.05) is 6.07 Å². The highest BCUT2D eigenvalue weighted by Crippen LogP contribution is 2.27. The van der Waals surface area contributed by atoms with Crippen molar-refractivity contribution in [3.8, 4) is 17.2 Å². The molecule has 6 heteroatoms. The summed E-state index contributed by atoms with van der Waals surface area (Å²) in [7, 11) is 0. The highest BCUT2D eigenvalue weighted by Gasteiger charge is 2.16. The number of aryl methyl sites for hydroxylation is 1. The fourth-order valence-corrected chi connectivity index (χ4v) is 2.76. The lowest BCUT2D eigenvalue weighted by molar-refractivity contribution is 1.03. The predicted octanol–water partition coefficient (Wildman–Crippen LogP) is 3.95. The molecule has 0 atom stereocenters. The van der Waals surface area contributed by atoms with Crippen LogP contribution in [0.2, 0.25) is 0 Å². The first kappa shape index (κ1) is 14.0. The third-order valence-corrected chi connectivity index (χ3v) is 3.95. The zero-order valence-corrected chi connectivity index (χ0v) is 13.9. The Bertz CT molecular complexity index is 977. The molecule has 4 aromatic heterocycles. The van der Waals surface area contributed by atoms with Crippen molar-refractivity contribution in [3.63, 3.8) is 0 Å². The Morgan fingerprint density at radius 3 is 2.65 bits per heavy atom. The molecular weight excluding hydrogens is 354 g/mol. The van der Waals surface area contributed by atoms with E-state index in [2.05, 4.69) is 30.9 Å². The number of hydrogen-bond donors (Lipinski definition) is 0. The summed E-state index contributed by atoms with van der Waals surface area (Å²) in [6, 6.07) is 11.7. The number of hydrogen-bond acceptors (Lipinski definition) is 4. The molecule has 0 saturated heterocycles. The number of halogens is 1. The van der Waals surface area contributed by atoms with Crippen molar-refractivity contribution in [2.75, 3.05) is 0 Å². The summed E-state index contributed by atoms with van der Waals surface area (Å²) in [4.78, 5) is 18.1. The second-order valence-corrected chi connectivity index (χ2v) is 6.06. The zero-order valence-electron chi connectivity index (χ0n) is 12.3. The summed E-state index contributed by atoms with van der Waals surface area (Å²) >= 11 is 3.45. The fourth-order valence-electron chi connectivity index (χ4n) is 2.44. The van der Waals surface area contributed by atoms with Gasteiger partial charge in [0.15, 0.2) is 11.5 Å². The Morgan fingerprint density at radius 2 is 1.91 bits per heavy atom. The van der Waals surface area contributed by atoms with Crippen LogP contribution < -0.4 is 0 Å². The lowest BCUT2D eigenvalue weighted by atomic mass is 10.3. The van der Waals surface area contributed by atoms with Gasteiger partial charge in [0, 0.05) is 22.6 Å². The van der Waals surface area contributed by atoms with Gasteiger partial charge in [-0.3, -0.25) is 14.5 Å². The maximum absolute atomic E-state index is 4.72. The van der Waals surface area contributed by atoms with Crippen molar-refractivity contribution in [3.05, 3.63) is 65.2 Å². The van der Waals surface area contributed by atoms with Gasteiger partial charge in [-0.05, 0) is 53.2 Å². The van der Waals surface area contributed by atoms with Crippen molar-refractivity contribution in [2.45, 2.75) is 6.92 Å². The SMILES string of the molecule is Cc1ccc(-n2c(-c3ccccn3)nc3cc(Br)cnc32)cn1. The first-order chi connectivity index (χ1) is 11.2. The van der Waals surface area contributed by atoms with Crippen molar-refractivity contribution >= 4 is 27.1 Å². The Labute approximate surface area is 141 Å². The molecule has 0 unspecified atom stereocenters. The van der Waals surface area contributed by atoms with Gasteiger partial charge in [-0.15, -0.1) is 0 Å². The number of fused-ring (bicyclic) bond motifs is 1. The number of rotatable bonds is 2. The van der Waals surface area contributed by atoms with E-state index < -0.39 is 0 Å². The van der Waals surface area contributed by atoms with Crippen LogP contribution in [0.4, 0.5) is 0 Å². The minimum atomic E-state index is 0.747. The molecule has 5 nitrogen and oxygen atoms in total. The van der Waals surface area contributed by atoms with Crippen LogP contribution in [0.25, 0.3) is 28.4 Å². The summed E-state index contributed by atoms with van der Waals surface area (Å²) in [5.41, 5.74) is 4.25. The molecule has 23 heavy (non-hydrogen) atoms. The Balaban J connectivity index is 2.05. The number of pyridine rings is 3. The van der Waals surface area contributed by atoms with Gasteiger partial charge in [0.05, 0.1) is 11.9 Å². The van der Waals surface area contributed by atoms with Crippen molar-refractivity contribution in [2.24, 2.45) is 0 Å². The lowest BCUT2D eigenvalue weighted by Gasteiger charge is -2.08. The van der Waals surface area contributed by atoms with E-state index in [1.165, 1.54) is 0 Å². The normalized spacial score (nSPS) is 11.0. The molecule has 0 saturated carbocycles. The topological polar surface area (TPSA) is 56.5 Å². The smallest absolute Gasteiger partial charge is 0.165 e. The van der Waals surface area contributed by atoms with Gasteiger partial charge in [-0.2, -0.15) is 0 Å². The van der Waals surface area contributed by atoms with Gasteiger partial charge in [0.1, 0.15) is 11.2 Å². The number of nitrogens with zero attached hydrogens (tertiary/aromatic N) is 5. The van der Waals surface area contributed by atoms with Crippen LogP contribution in [0.5, 0.6) is 0 Å². The third-order valence-electron chi connectivity index (χ3n) is 3.51. The number of aromatic nitrogens is 5. The van der Waals surface area contributed by atoms with E-state index in [0.717, 1.165) is 38.5 Å². The minimum absolute atomic E-state index is 0.747. The van der Waals surface area contributed by atoms with E-state index >= 15 is 0 Å². The molecule has 4 aromatic rings. The largest absolute Gasteiger partial charge is 0.274 e. The minimum Gasteiger partial charge on any atom is -0.274 e. The molecular formula is C17H12BrN5. The Hall–Kier alpha value is -2.60. The van der Waals surface area contributed by atoms with E-state index in [1.54, 1.807) is 12.4 Å². The molecule has 0 amide bonds. The molecule has 4 heterocycles. The van der Waals surface area contributed by atoms with Crippen molar-refractivity contribution in [1.82, 2.24) is 24.5 Å². The van der Waals surface area contributed by atoms with Gasteiger partial charge in [0.2, 0.25) is 0 Å². The van der Waals surface area contributed by atoms with Gasteiger partial charge >= 0.3 is 0 Å². The van der Waals surface area contributed by atoms with Crippen LogP contribution in [-0.4, -0.2) is 24.5 Å². The molecule has 112 valence electrons. The molecule has 0 radical (unpaired) electrons. The van der Waals surface area contributed by atoms with Gasteiger partial charge < -0.3 is 0 Å². The molecule has 0 aliphatic rings. The van der Waals surface area contributed by atoms with Gasteiger partial charge in [0.25, 0.3) is 0 Å². The van der Waals surface area contributed by atoms with E-state index in [9.17, 15) is 0 Å². The molecule has 0 N–H and O–H groups in total. The van der Waals surface area contributed by atoms with E-state index in [1.807, 2.05) is 54.1 Å². The maximum Gasteiger partial charge on any atom is 0.165 e. The highest BCUT2D eigenvalue weighted by atomic mass is 79.9. The van der Waals surface area contributed by atoms with E-state index in [0.29, 0.717) is 0 Å². The first-order valence-corrected chi connectivity index (χ1v) is 7.90. The monoisotopic (exact) mass is 365 g/mol. The summed E-state index contributed by atoms with van der Waals surface area (Å²) in [5, 5.41) is 0.